The molecule has 6 heteroatoms. The quantitative estimate of drug-likeness (QED) is 0.617. The number of nitro groups is 1. The van der Waals surface area contributed by atoms with Crippen LogP contribution in [-0.2, 0) is 4.79 Å². The highest BCUT2D eigenvalue weighted by molar-refractivity contribution is 5.92. The third-order valence-corrected chi connectivity index (χ3v) is 3.08. The van der Waals surface area contributed by atoms with Gasteiger partial charge >= 0.3 is 0 Å². The lowest BCUT2D eigenvalue weighted by Gasteiger charge is -2.10. The summed E-state index contributed by atoms with van der Waals surface area (Å²) in [5.41, 5.74) is 7.53. The fourth-order valence-electron chi connectivity index (χ4n) is 1.97. The first kappa shape index (κ1) is 16.1. The maximum absolute atomic E-state index is 11.8. The summed E-state index contributed by atoms with van der Waals surface area (Å²) in [6.07, 6.45) is 1.85. The van der Waals surface area contributed by atoms with Gasteiger partial charge in [-0.1, -0.05) is 0 Å². The predicted molar refractivity (Wildman–Crippen MR) is 78.7 cm³/mol. The summed E-state index contributed by atoms with van der Waals surface area (Å²) in [7, 11) is 0. The number of nitrogens with zero attached hydrogens (tertiary/aromatic N) is 1. The Bertz CT molecular complexity index is 513. The number of aryl methyl sites for hydroxylation is 2. The molecule has 0 radical (unpaired) electrons. The molecular formula is C14H21N3O3. The van der Waals surface area contributed by atoms with Gasteiger partial charge in [0.15, 0.2) is 0 Å². The fraction of sp³-hybridized carbons (Fsp3) is 0.500. The topological polar surface area (TPSA) is 98.3 Å². The van der Waals surface area contributed by atoms with Crippen LogP contribution in [-0.4, -0.2) is 16.9 Å². The molecular weight excluding hydrogens is 258 g/mol. The lowest BCUT2D eigenvalue weighted by atomic mass is 10.1. The number of hydrogen-bond acceptors (Lipinski definition) is 4. The minimum Gasteiger partial charge on any atom is -0.328 e. The number of amides is 1. The molecule has 0 aliphatic carbocycles. The maximum atomic E-state index is 11.8. The van der Waals surface area contributed by atoms with Gasteiger partial charge in [-0.2, -0.15) is 0 Å². The van der Waals surface area contributed by atoms with Crippen LogP contribution in [0, 0.1) is 24.0 Å². The number of carbonyl (C=O) groups is 1. The molecule has 0 heterocycles. The Morgan fingerprint density at radius 1 is 1.40 bits per heavy atom. The molecule has 0 saturated heterocycles. The van der Waals surface area contributed by atoms with Crippen LogP contribution in [0.1, 0.15) is 37.3 Å². The summed E-state index contributed by atoms with van der Waals surface area (Å²) in [5.74, 6) is -0.146. The van der Waals surface area contributed by atoms with Crippen LogP contribution in [0.3, 0.4) is 0 Å². The van der Waals surface area contributed by atoms with E-state index >= 15 is 0 Å². The van der Waals surface area contributed by atoms with E-state index in [1.165, 1.54) is 6.07 Å². The van der Waals surface area contributed by atoms with Crippen molar-refractivity contribution in [1.82, 2.24) is 0 Å². The zero-order valence-corrected chi connectivity index (χ0v) is 12.1. The van der Waals surface area contributed by atoms with Gasteiger partial charge in [0.05, 0.1) is 10.6 Å². The summed E-state index contributed by atoms with van der Waals surface area (Å²) in [4.78, 5) is 22.2. The molecule has 0 fully saturated rings. The van der Waals surface area contributed by atoms with Gasteiger partial charge in [-0.15, -0.1) is 0 Å². The standard InChI is InChI=1S/C14H21N3O3/c1-9-7-10(2)13(17(19)20)8-12(9)16-14(18)6-4-5-11(3)15/h7-8,11H,4-6,15H2,1-3H3,(H,16,18). The van der Waals surface area contributed by atoms with Gasteiger partial charge < -0.3 is 11.1 Å². The number of anilines is 1. The van der Waals surface area contributed by atoms with Crippen molar-refractivity contribution in [3.05, 3.63) is 33.4 Å². The highest BCUT2D eigenvalue weighted by Crippen LogP contribution is 2.26. The summed E-state index contributed by atoms with van der Waals surface area (Å²) in [6.45, 7) is 5.39. The zero-order chi connectivity index (χ0) is 15.3. The van der Waals surface area contributed by atoms with Crippen molar-refractivity contribution in [2.24, 2.45) is 5.73 Å². The summed E-state index contributed by atoms with van der Waals surface area (Å²) in [5, 5.41) is 13.6. The Morgan fingerprint density at radius 3 is 2.60 bits per heavy atom. The molecule has 1 aromatic rings. The number of rotatable bonds is 6. The SMILES string of the molecule is Cc1cc(C)c([N+](=O)[O-])cc1NC(=O)CCCC(C)N. The van der Waals surface area contributed by atoms with E-state index in [0.29, 0.717) is 24.1 Å². The van der Waals surface area contributed by atoms with Crippen molar-refractivity contribution in [1.29, 1.82) is 0 Å². The van der Waals surface area contributed by atoms with Crippen molar-refractivity contribution in [3.8, 4) is 0 Å². The van der Waals surface area contributed by atoms with Crippen LogP contribution in [0.5, 0.6) is 0 Å². The Balaban J connectivity index is 2.74. The van der Waals surface area contributed by atoms with E-state index in [-0.39, 0.29) is 17.6 Å². The Morgan fingerprint density at radius 2 is 2.05 bits per heavy atom. The van der Waals surface area contributed by atoms with Gasteiger partial charge in [0, 0.05) is 24.1 Å². The molecule has 1 amide bonds. The molecule has 0 aliphatic rings. The molecule has 6 nitrogen and oxygen atoms in total. The second-order valence-corrected chi connectivity index (χ2v) is 5.13. The van der Waals surface area contributed by atoms with Crippen LogP contribution in [0.25, 0.3) is 0 Å². The molecule has 0 aromatic heterocycles. The summed E-state index contributed by atoms with van der Waals surface area (Å²) in [6, 6.07) is 3.19. The average Bonchev–Trinajstić information content (AvgIpc) is 2.31. The Kier molecular flexibility index (Phi) is 5.64. The van der Waals surface area contributed by atoms with Crippen molar-refractivity contribution in [2.45, 2.75) is 46.1 Å². The van der Waals surface area contributed by atoms with E-state index < -0.39 is 4.92 Å². The Labute approximate surface area is 118 Å². The van der Waals surface area contributed by atoms with Crippen LogP contribution < -0.4 is 11.1 Å². The molecule has 1 aromatic carbocycles. The van der Waals surface area contributed by atoms with E-state index in [1.54, 1.807) is 13.0 Å². The fourth-order valence-corrected chi connectivity index (χ4v) is 1.97. The van der Waals surface area contributed by atoms with Crippen LogP contribution in [0.4, 0.5) is 11.4 Å². The lowest BCUT2D eigenvalue weighted by Crippen LogP contribution is -2.17. The minimum absolute atomic E-state index is 0.0153. The molecule has 1 rings (SSSR count). The van der Waals surface area contributed by atoms with Gasteiger partial charge in [-0.05, 0) is 45.2 Å². The van der Waals surface area contributed by atoms with Crippen molar-refractivity contribution in [3.63, 3.8) is 0 Å². The lowest BCUT2D eigenvalue weighted by molar-refractivity contribution is -0.385. The minimum atomic E-state index is -0.444. The number of nitro benzene ring substituents is 1. The molecule has 1 unspecified atom stereocenters. The average molecular weight is 279 g/mol. The van der Waals surface area contributed by atoms with E-state index in [9.17, 15) is 14.9 Å². The molecule has 0 bridgehead atoms. The highest BCUT2D eigenvalue weighted by Gasteiger charge is 2.15. The van der Waals surface area contributed by atoms with Crippen molar-refractivity contribution in [2.75, 3.05) is 5.32 Å². The second kappa shape index (κ2) is 7.00. The Hall–Kier alpha value is -1.95. The monoisotopic (exact) mass is 279 g/mol. The smallest absolute Gasteiger partial charge is 0.274 e. The first-order valence-electron chi connectivity index (χ1n) is 6.62. The third-order valence-electron chi connectivity index (χ3n) is 3.08. The highest BCUT2D eigenvalue weighted by atomic mass is 16.6. The number of hydrogen-bond donors (Lipinski definition) is 2. The third kappa shape index (κ3) is 4.62. The molecule has 110 valence electrons. The number of nitrogens with two attached hydrogens (primary N) is 1. The molecule has 3 N–H and O–H groups in total. The summed E-state index contributed by atoms with van der Waals surface area (Å²) >= 11 is 0. The summed E-state index contributed by atoms with van der Waals surface area (Å²) < 4.78 is 0. The maximum Gasteiger partial charge on any atom is 0.274 e. The molecule has 1 atom stereocenters. The molecule has 20 heavy (non-hydrogen) atoms. The van der Waals surface area contributed by atoms with Crippen LogP contribution in [0.2, 0.25) is 0 Å². The van der Waals surface area contributed by atoms with Gasteiger partial charge in [0.25, 0.3) is 5.69 Å². The van der Waals surface area contributed by atoms with Crippen molar-refractivity contribution >= 4 is 17.3 Å². The van der Waals surface area contributed by atoms with E-state index in [2.05, 4.69) is 5.32 Å². The first-order chi connectivity index (χ1) is 9.31. The van der Waals surface area contributed by atoms with Gasteiger partial charge in [0.2, 0.25) is 5.91 Å². The van der Waals surface area contributed by atoms with E-state index in [0.717, 1.165) is 12.0 Å². The van der Waals surface area contributed by atoms with Gasteiger partial charge in [0.1, 0.15) is 0 Å². The van der Waals surface area contributed by atoms with Gasteiger partial charge in [-0.3, -0.25) is 14.9 Å². The number of nitrogens with one attached hydrogen (secondary N) is 1. The van der Waals surface area contributed by atoms with Crippen LogP contribution >= 0.6 is 0 Å². The van der Waals surface area contributed by atoms with Gasteiger partial charge in [-0.25, -0.2) is 0 Å². The normalized spacial score (nSPS) is 12.0. The zero-order valence-electron chi connectivity index (χ0n) is 12.1. The largest absolute Gasteiger partial charge is 0.328 e. The number of carbonyl (C=O) groups excluding carboxylic acids is 1. The first-order valence-corrected chi connectivity index (χ1v) is 6.62. The predicted octanol–water partition coefficient (Wildman–Crippen LogP) is 2.67. The molecule has 0 aliphatic heterocycles. The van der Waals surface area contributed by atoms with Crippen LogP contribution in [0.15, 0.2) is 12.1 Å². The molecule has 0 saturated carbocycles. The van der Waals surface area contributed by atoms with E-state index in [1.807, 2.05) is 13.8 Å². The second-order valence-electron chi connectivity index (χ2n) is 5.13. The number of benzene rings is 1. The van der Waals surface area contributed by atoms with E-state index in [4.69, 9.17) is 5.73 Å². The van der Waals surface area contributed by atoms with Crippen molar-refractivity contribution < 1.29 is 9.72 Å². The molecule has 0 spiro atoms.